The van der Waals surface area contributed by atoms with Gasteiger partial charge < -0.3 is 25.2 Å². The van der Waals surface area contributed by atoms with E-state index < -0.39 is 0 Å². The van der Waals surface area contributed by atoms with Crippen molar-refractivity contribution in [1.29, 1.82) is 0 Å². The molecule has 0 saturated carbocycles. The van der Waals surface area contributed by atoms with Gasteiger partial charge in [0.25, 0.3) is 5.91 Å². The van der Waals surface area contributed by atoms with Crippen LogP contribution in [0.5, 0.6) is 5.75 Å². The molecule has 1 saturated heterocycles. The number of hydrogen-bond donors (Lipinski definition) is 2. The number of nitrogens with one attached hydrogen (secondary N) is 2. The zero-order valence-corrected chi connectivity index (χ0v) is 23.5. The zero-order valence-electron chi connectivity index (χ0n) is 22.7. The molecule has 0 aliphatic carbocycles. The number of hydrogen-bond acceptors (Lipinski definition) is 5. The van der Waals surface area contributed by atoms with Crippen LogP contribution in [0.4, 0.5) is 0 Å². The van der Waals surface area contributed by atoms with Crippen LogP contribution in [0.3, 0.4) is 0 Å². The first-order valence-electron chi connectivity index (χ1n) is 13.7. The lowest BCUT2D eigenvalue weighted by Gasteiger charge is -2.36. The number of carbonyl (C=O) groups excluding carboxylic acids is 3. The van der Waals surface area contributed by atoms with Crippen molar-refractivity contribution in [3.05, 3.63) is 28.8 Å². The first-order chi connectivity index (χ1) is 17.6. The summed E-state index contributed by atoms with van der Waals surface area (Å²) in [6.07, 6.45) is 3.72. The van der Waals surface area contributed by atoms with E-state index in [1.807, 2.05) is 0 Å². The first kappa shape index (κ1) is 29.2. The Balaban J connectivity index is 1.74. The minimum Gasteiger partial charge on any atom is -0.491 e. The highest BCUT2D eigenvalue weighted by molar-refractivity contribution is 6.31. The van der Waals surface area contributed by atoms with Crippen molar-refractivity contribution < 1.29 is 19.1 Å². The van der Waals surface area contributed by atoms with Crippen LogP contribution in [0.25, 0.3) is 0 Å². The van der Waals surface area contributed by atoms with Gasteiger partial charge in [0.2, 0.25) is 11.8 Å². The Morgan fingerprint density at radius 2 is 1.84 bits per heavy atom. The zero-order chi connectivity index (χ0) is 26.9. The number of piperidine rings is 1. The standard InChI is InChI=1S/C28H43ClN4O4/c1-19(2)15-23-18-37-25-8-7-22(29)16-24(25)27(35)30-11-5-6-12-33(17-26(34)31-23)28(36)21-9-13-32(14-10-21)20(3)4/h7-8,16,19-21,23H,5-6,9-15,17-18H2,1-4H3,(H,30,35)(H,31,34)/t23-/m0/s1. The van der Waals surface area contributed by atoms with Gasteiger partial charge in [0.05, 0.1) is 18.2 Å². The topological polar surface area (TPSA) is 91.0 Å². The SMILES string of the molecule is CC(C)C[C@H]1COc2ccc(Cl)cc2C(=O)NCCCCN(C(=O)C2CCN(C(C)C)CC2)CC(=O)N1. The van der Waals surface area contributed by atoms with Crippen molar-refractivity contribution in [1.82, 2.24) is 20.4 Å². The third-order valence-electron chi connectivity index (χ3n) is 7.14. The fourth-order valence-electron chi connectivity index (χ4n) is 5.09. The van der Waals surface area contributed by atoms with Gasteiger partial charge in [-0.05, 0) is 83.2 Å². The molecule has 1 aromatic carbocycles. The molecule has 2 aliphatic heterocycles. The van der Waals surface area contributed by atoms with E-state index in [-0.39, 0.29) is 42.8 Å². The lowest BCUT2D eigenvalue weighted by Crippen LogP contribution is -2.49. The van der Waals surface area contributed by atoms with Crippen LogP contribution in [-0.2, 0) is 9.59 Å². The van der Waals surface area contributed by atoms with E-state index in [0.29, 0.717) is 60.6 Å². The second-order valence-electron chi connectivity index (χ2n) is 11.0. The number of likely N-dealkylation sites (tertiary alicyclic amines) is 1. The molecular weight excluding hydrogens is 492 g/mol. The Kier molecular flexibility index (Phi) is 11.1. The van der Waals surface area contributed by atoms with E-state index in [2.05, 4.69) is 43.2 Å². The molecule has 0 radical (unpaired) electrons. The van der Waals surface area contributed by atoms with E-state index in [0.717, 1.165) is 25.9 Å². The van der Waals surface area contributed by atoms with E-state index >= 15 is 0 Å². The van der Waals surface area contributed by atoms with Gasteiger partial charge in [0.15, 0.2) is 0 Å². The number of benzene rings is 1. The smallest absolute Gasteiger partial charge is 0.255 e. The molecule has 1 aromatic rings. The first-order valence-corrected chi connectivity index (χ1v) is 14.0. The highest BCUT2D eigenvalue weighted by Gasteiger charge is 2.30. The van der Waals surface area contributed by atoms with Gasteiger partial charge in [0, 0.05) is 30.1 Å². The summed E-state index contributed by atoms with van der Waals surface area (Å²) in [5.41, 5.74) is 0.376. The van der Waals surface area contributed by atoms with Gasteiger partial charge in [-0.25, -0.2) is 0 Å². The number of carbonyl (C=O) groups is 3. The normalized spacial score (nSPS) is 21.5. The Labute approximate surface area is 226 Å². The molecule has 1 fully saturated rings. The maximum atomic E-state index is 13.5. The average molecular weight is 535 g/mol. The molecule has 0 aromatic heterocycles. The quantitative estimate of drug-likeness (QED) is 0.614. The minimum atomic E-state index is -0.254. The summed E-state index contributed by atoms with van der Waals surface area (Å²) in [5.74, 6) is 0.339. The third-order valence-corrected chi connectivity index (χ3v) is 7.38. The summed E-state index contributed by atoms with van der Waals surface area (Å²) in [5, 5.41) is 6.48. The van der Waals surface area contributed by atoms with E-state index in [9.17, 15) is 14.4 Å². The van der Waals surface area contributed by atoms with Crippen LogP contribution in [0.1, 0.15) is 70.2 Å². The Morgan fingerprint density at radius 1 is 1.11 bits per heavy atom. The van der Waals surface area contributed by atoms with Crippen LogP contribution < -0.4 is 15.4 Å². The Bertz CT molecular complexity index is 931. The Hall–Kier alpha value is -2.32. The maximum absolute atomic E-state index is 13.5. The molecule has 3 rings (SSSR count). The van der Waals surface area contributed by atoms with Gasteiger partial charge in [-0.15, -0.1) is 0 Å². The fourth-order valence-corrected chi connectivity index (χ4v) is 5.27. The summed E-state index contributed by atoms with van der Waals surface area (Å²) in [4.78, 5) is 43.6. The molecule has 3 amide bonds. The van der Waals surface area contributed by atoms with Crippen LogP contribution in [-0.4, -0.2) is 78.9 Å². The van der Waals surface area contributed by atoms with E-state index in [1.54, 1.807) is 23.1 Å². The summed E-state index contributed by atoms with van der Waals surface area (Å²) < 4.78 is 6.03. The monoisotopic (exact) mass is 534 g/mol. The predicted molar refractivity (Wildman–Crippen MR) is 146 cm³/mol. The van der Waals surface area contributed by atoms with Crippen molar-refractivity contribution in [2.24, 2.45) is 11.8 Å². The number of rotatable bonds is 4. The van der Waals surface area contributed by atoms with Crippen LogP contribution in [0, 0.1) is 11.8 Å². The van der Waals surface area contributed by atoms with Gasteiger partial charge in [-0.1, -0.05) is 25.4 Å². The fraction of sp³-hybridized carbons (Fsp3) is 0.679. The van der Waals surface area contributed by atoms with Crippen molar-refractivity contribution in [3.63, 3.8) is 0 Å². The molecule has 206 valence electrons. The summed E-state index contributed by atoms with van der Waals surface area (Å²) in [6.45, 7) is 11.5. The molecule has 2 heterocycles. The van der Waals surface area contributed by atoms with Crippen LogP contribution >= 0.6 is 11.6 Å². The summed E-state index contributed by atoms with van der Waals surface area (Å²) >= 11 is 6.15. The average Bonchev–Trinajstić information content (AvgIpc) is 2.85. The second kappa shape index (κ2) is 14.0. The number of fused-ring (bicyclic) bond motifs is 1. The van der Waals surface area contributed by atoms with Crippen molar-refractivity contribution in [2.75, 3.05) is 39.3 Å². The molecule has 1 atom stereocenters. The molecule has 0 bridgehead atoms. The van der Waals surface area contributed by atoms with Crippen molar-refractivity contribution in [2.45, 2.75) is 71.9 Å². The number of nitrogens with zero attached hydrogens (tertiary/aromatic N) is 2. The van der Waals surface area contributed by atoms with Gasteiger partial charge in [-0.2, -0.15) is 0 Å². The molecule has 9 heteroatoms. The molecule has 0 spiro atoms. The lowest BCUT2D eigenvalue weighted by atomic mass is 9.94. The van der Waals surface area contributed by atoms with Crippen molar-refractivity contribution in [3.8, 4) is 5.75 Å². The number of halogens is 1. The molecule has 2 N–H and O–H groups in total. The van der Waals surface area contributed by atoms with E-state index in [4.69, 9.17) is 16.3 Å². The van der Waals surface area contributed by atoms with E-state index in [1.165, 1.54) is 0 Å². The Morgan fingerprint density at radius 3 is 2.51 bits per heavy atom. The lowest BCUT2D eigenvalue weighted by molar-refractivity contribution is -0.141. The van der Waals surface area contributed by atoms with Gasteiger partial charge in [0.1, 0.15) is 12.4 Å². The second-order valence-corrected chi connectivity index (χ2v) is 11.4. The third kappa shape index (κ3) is 8.88. The van der Waals surface area contributed by atoms with Gasteiger partial charge in [-0.3, -0.25) is 14.4 Å². The highest BCUT2D eigenvalue weighted by atomic mass is 35.5. The summed E-state index contributed by atoms with van der Waals surface area (Å²) in [6, 6.07) is 5.20. The summed E-state index contributed by atoms with van der Waals surface area (Å²) in [7, 11) is 0. The molecular formula is C28H43ClN4O4. The number of amides is 3. The molecule has 2 aliphatic rings. The maximum Gasteiger partial charge on any atom is 0.255 e. The van der Waals surface area contributed by atoms with Crippen LogP contribution in [0.2, 0.25) is 5.02 Å². The largest absolute Gasteiger partial charge is 0.491 e. The number of ether oxygens (including phenoxy) is 1. The molecule has 0 unspecified atom stereocenters. The van der Waals surface area contributed by atoms with Crippen LogP contribution in [0.15, 0.2) is 18.2 Å². The van der Waals surface area contributed by atoms with Gasteiger partial charge >= 0.3 is 0 Å². The minimum absolute atomic E-state index is 0.0381. The van der Waals surface area contributed by atoms with Crippen molar-refractivity contribution >= 4 is 29.3 Å². The predicted octanol–water partition coefficient (Wildman–Crippen LogP) is 3.72. The molecule has 8 nitrogen and oxygen atoms in total. The molecule has 37 heavy (non-hydrogen) atoms. The highest BCUT2D eigenvalue weighted by Crippen LogP contribution is 2.24.